The van der Waals surface area contributed by atoms with Crippen LogP contribution < -0.4 is 5.32 Å². The minimum atomic E-state index is 0.794. The molecular formula is C15H14N4. The maximum Gasteiger partial charge on any atom is 0.152 e. The van der Waals surface area contributed by atoms with Crippen molar-refractivity contribution < 1.29 is 0 Å². The number of aromatic amines is 1. The van der Waals surface area contributed by atoms with Crippen LogP contribution in [0.5, 0.6) is 0 Å². The van der Waals surface area contributed by atoms with E-state index in [4.69, 9.17) is 0 Å². The number of nitrogens with zero attached hydrogens (tertiary/aromatic N) is 2. The van der Waals surface area contributed by atoms with Gasteiger partial charge in [0, 0.05) is 29.7 Å². The Morgan fingerprint density at radius 2 is 1.95 bits per heavy atom. The van der Waals surface area contributed by atoms with Crippen molar-refractivity contribution in [2.24, 2.45) is 0 Å². The maximum absolute atomic E-state index is 4.25. The summed E-state index contributed by atoms with van der Waals surface area (Å²) < 4.78 is 0. The molecule has 2 aromatic heterocycles. The standard InChI is InChI=1S/C15H14N4/c1-11-4-6-13(7-5-11)17-15-9-14(18-19-15)12-3-2-8-16-10-12/h2-10H,1H3,(H2,17,18,19). The largest absolute Gasteiger partial charge is 0.339 e. The highest BCUT2D eigenvalue weighted by Gasteiger charge is 2.03. The number of aryl methyl sites for hydroxylation is 1. The molecule has 3 rings (SSSR count). The number of H-pyrrole nitrogens is 1. The summed E-state index contributed by atoms with van der Waals surface area (Å²) in [6.07, 6.45) is 3.56. The first-order valence-corrected chi connectivity index (χ1v) is 6.11. The van der Waals surface area contributed by atoms with E-state index in [1.165, 1.54) is 5.56 Å². The molecule has 0 spiro atoms. The van der Waals surface area contributed by atoms with Gasteiger partial charge < -0.3 is 5.32 Å². The lowest BCUT2D eigenvalue weighted by atomic mass is 10.2. The van der Waals surface area contributed by atoms with Crippen molar-refractivity contribution in [1.29, 1.82) is 0 Å². The number of aromatic nitrogens is 3. The van der Waals surface area contributed by atoms with Crippen molar-refractivity contribution in [2.75, 3.05) is 5.32 Å². The smallest absolute Gasteiger partial charge is 0.152 e. The zero-order valence-electron chi connectivity index (χ0n) is 10.6. The van der Waals surface area contributed by atoms with E-state index in [9.17, 15) is 0 Å². The van der Waals surface area contributed by atoms with Crippen LogP contribution in [0.25, 0.3) is 11.3 Å². The monoisotopic (exact) mass is 250 g/mol. The maximum atomic E-state index is 4.25. The summed E-state index contributed by atoms with van der Waals surface area (Å²) >= 11 is 0. The molecule has 19 heavy (non-hydrogen) atoms. The Hall–Kier alpha value is -2.62. The third-order valence-corrected chi connectivity index (χ3v) is 2.87. The highest BCUT2D eigenvalue weighted by atomic mass is 15.2. The van der Waals surface area contributed by atoms with Crippen molar-refractivity contribution >= 4 is 11.5 Å². The fraction of sp³-hybridized carbons (Fsp3) is 0.0667. The van der Waals surface area contributed by atoms with E-state index in [-0.39, 0.29) is 0 Å². The molecule has 0 aliphatic carbocycles. The van der Waals surface area contributed by atoms with Gasteiger partial charge >= 0.3 is 0 Å². The molecule has 0 amide bonds. The SMILES string of the molecule is Cc1ccc(Nc2cc(-c3cccnc3)[nH]n2)cc1. The lowest BCUT2D eigenvalue weighted by molar-refractivity contribution is 1.09. The molecule has 0 fully saturated rings. The molecule has 0 saturated carbocycles. The van der Waals surface area contributed by atoms with Gasteiger partial charge in [-0.05, 0) is 31.2 Å². The van der Waals surface area contributed by atoms with E-state index < -0.39 is 0 Å². The van der Waals surface area contributed by atoms with Gasteiger partial charge in [-0.25, -0.2) is 0 Å². The topological polar surface area (TPSA) is 53.6 Å². The zero-order chi connectivity index (χ0) is 13.1. The molecule has 0 aliphatic rings. The number of anilines is 2. The Morgan fingerprint density at radius 1 is 1.11 bits per heavy atom. The Bertz CT molecular complexity index is 656. The van der Waals surface area contributed by atoms with Gasteiger partial charge in [-0.2, -0.15) is 5.10 Å². The molecule has 2 heterocycles. The molecule has 94 valence electrons. The number of hydrogen-bond acceptors (Lipinski definition) is 3. The number of pyridine rings is 1. The molecule has 0 saturated heterocycles. The molecule has 0 radical (unpaired) electrons. The van der Waals surface area contributed by atoms with Crippen LogP contribution in [0, 0.1) is 6.92 Å². The van der Waals surface area contributed by atoms with Crippen molar-refractivity contribution in [3.05, 3.63) is 60.4 Å². The minimum Gasteiger partial charge on any atom is -0.339 e. The number of nitrogens with one attached hydrogen (secondary N) is 2. The summed E-state index contributed by atoms with van der Waals surface area (Å²) in [5.74, 6) is 0.794. The predicted octanol–water partition coefficient (Wildman–Crippen LogP) is 3.52. The van der Waals surface area contributed by atoms with Gasteiger partial charge in [0.2, 0.25) is 0 Å². The molecule has 3 aromatic rings. The fourth-order valence-electron chi connectivity index (χ4n) is 1.84. The first-order valence-electron chi connectivity index (χ1n) is 6.11. The highest BCUT2D eigenvalue weighted by Crippen LogP contribution is 2.21. The van der Waals surface area contributed by atoms with Crippen molar-refractivity contribution in [2.45, 2.75) is 6.92 Å². The lowest BCUT2D eigenvalue weighted by Gasteiger charge is -2.02. The van der Waals surface area contributed by atoms with Crippen LogP contribution in [0.3, 0.4) is 0 Å². The van der Waals surface area contributed by atoms with E-state index in [1.807, 2.05) is 36.5 Å². The van der Waals surface area contributed by atoms with Crippen molar-refractivity contribution in [3.8, 4) is 11.3 Å². The van der Waals surface area contributed by atoms with E-state index in [2.05, 4.69) is 39.6 Å². The lowest BCUT2D eigenvalue weighted by Crippen LogP contribution is -1.89. The molecule has 4 heteroatoms. The van der Waals surface area contributed by atoms with Crippen molar-refractivity contribution in [1.82, 2.24) is 15.2 Å². The fourth-order valence-corrected chi connectivity index (χ4v) is 1.84. The molecule has 0 atom stereocenters. The first-order chi connectivity index (χ1) is 9.31. The molecule has 4 nitrogen and oxygen atoms in total. The zero-order valence-corrected chi connectivity index (χ0v) is 10.6. The highest BCUT2D eigenvalue weighted by molar-refractivity contribution is 5.65. The van der Waals surface area contributed by atoms with Crippen LogP contribution in [0.2, 0.25) is 0 Å². The van der Waals surface area contributed by atoms with Gasteiger partial charge in [0.25, 0.3) is 0 Å². The third kappa shape index (κ3) is 2.63. The van der Waals surface area contributed by atoms with Crippen molar-refractivity contribution in [3.63, 3.8) is 0 Å². The van der Waals surface area contributed by atoms with Gasteiger partial charge in [-0.1, -0.05) is 17.7 Å². The minimum absolute atomic E-state index is 0.794. The Morgan fingerprint density at radius 3 is 2.68 bits per heavy atom. The molecule has 0 aliphatic heterocycles. The van der Waals surface area contributed by atoms with Crippen LogP contribution in [-0.2, 0) is 0 Å². The molecule has 0 bridgehead atoms. The Balaban J connectivity index is 1.80. The summed E-state index contributed by atoms with van der Waals surface area (Å²) in [6.45, 7) is 2.07. The average Bonchev–Trinajstić information content (AvgIpc) is 2.91. The van der Waals surface area contributed by atoms with Crippen LogP contribution >= 0.6 is 0 Å². The van der Waals surface area contributed by atoms with Gasteiger partial charge in [-0.3, -0.25) is 10.1 Å². The number of rotatable bonds is 3. The van der Waals surface area contributed by atoms with E-state index in [0.717, 1.165) is 22.8 Å². The second kappa shape index (κ2) is 4.94. The summed E-state index contributed by atoms with van der Waals surface area (Å²) in [6, 6.07) is 14.1. The van der Waals surface area contributed by atoms with E-state index >= 15 is 0 Å². The van der Waals surface area contributed by atoms with E-state index in [1.54, 1.807) is 6.20 Å². The number of hydrogen-bond donors (Lipinski definition) is 2. The number of benzene rings is 1. The van der Waals surface area contributed by atoms with Gasteiger partial charge in [0.15, 0.2) is 5.82 Å². The third-order valence-electron chi connectivity index (χ3n) is 2.87. The van der Waals surface area contributed by atoms with Crippen LogP contribution in [0.1, 0.15) is 5.56 Å². The average molecular weight is 250 g/mol. The molecular weight excluding hydrogens is 236 g/mol. The molecule has 2 N–H and O–H groups in total. The normalized spacial score (nSPS) is 10.4. The summed E-state index contributed by atoms with van der Waals surface area (Å²) in [7, 11) is 0. The Kier molecular flexibility index (Phi) is 2.98. The van der Waals surface area contributed by atoms with Gasteiger partial charge in [0.05, 0.1) is 5.69 Å². The van der Waals surface area contributed by atoms with Gasteiger partial charge in [-0.15, -0.1) is 0 Å². The predicted molar refractivity (Wildman–Crippen MR) is 76.3 cm³/mol. The quantitative estimate of drug-likeness (QED) is 0.747. The molecule has 0 unspecified atom stereocenters. The summed E-state index contributed by atoms with van der Waals surface area (Å²) in [5, 5.41) is 10.5. The molecule has 1 aromatic carbocycles. The Labute approximate surface area is 111 Å². The van der Waals surface area contributed by atoms with Crippen LogP contribution in [0.15, 0.2) is 54.9 Å². The van der Waals surface area contributed by atoms with Crippen LogP contribution in [-0.4, -0.2) is 15.2 Å². The second-order valence-corrected chi connectivity index (χ2v) is 4.40. The van der Waals surface area contributed by atoms with Gasteiger partial charge in [0.1, 0.15) is 0 Å². The second-order valence-electron chi connectivity index (χ2n) is 4.40. The van der Waals surface area contributed by atoms with E-state index in [0.29, 0.717) is 0 Å². The van der Waals surface area contributed by atoms with Crippen LogP contribution in [0.4, 0.5) is 11.5 Å². The summed E-state index contributed by atoms with van der Waals surface area (Å²) in [5.41, 5.74) is 4.23. The summed E-state index contributed by atoms with van der Waals surface area (Å²) in [4.78, 5) is 4.10. The first kappa shape index (κ1) is 11.5.